The molecule has 11 heteroatoms. The molecule has 5 rings (SSSR count). The largest absolute Gasteiger partial charge is 0.493 e. The Labute approximate surface area is 228 Å². The first kappa shape index (κ1) is 25.4. The Kier molecular flexibility index (Phi) is 7.75. The zero-order valence-electron chi connectivity index (χ0n) is 20.3. The molecule has 3 aromatic rings. The molecule has 1 aromatic heterocycles. The second-order valence-corrected chi connectivity index (χ2v) is 10.4. The molecule has 3 heterocycles. The second kappa shape index (κ2) is 11.0. The number of hydrogen-bond donors (Lipinski definition) is 1. The van der Waals surface area contributed by atoms with Crippen molar-refractivity contribution in [1.29, 1.82) is 0 Å². The average molecular weight is 627 g/mol. The Morgan fingerprint density at radius 2 is 1.89 bits per heavy atom. The van der Waals surface area contributed by atoms with Crippen molar-refractivity contribution in [2.45, 2.75) is 32.5 Å². The minimum Gasteiger partial charge on any atom is -0.493 e. The summed E-state index contributed by atoms with van der Waals surface area (Å²) in [5, 5.41) is 4.58. The highest BCUT2D eigenvalue weighted by Gasteiger charge is 2.25. The minimum absolute atomic E-state index is 0.142. The maximum Gasteiger partial charge on any atom is 0.231 e. The van der Waals surface area contributed by atoms with Crippen LogP contribution in [-0.2, 0) is 4.74 Å². The predicted octanol–water partition coefficient (Wildman–Crippen LogP) is 5.25. The molecule has 1 saturated heterocycles. The molecule has 2 aliphatic rings. The van der Waals surface area contributed by atoms with E-state index in [4.69, 9.17) is 35.3 Å². The third kappa shape index (κ3) is 5.36. The van der Waals surface area contributed by atoms with Crippen molar-refractivity contribution in [1.82, 2.24) is 14.9 Å². The molecule has 36 heavy (non-hydrogen) atoms. The van der Waals surface area contributed by atoms with Crippen LogP contribution in [0.2, 0.25) is 5.02 Å². The van der Waals surface area contributed by atoms with Crippen LogP contribution in [0.1, 0.15) is 20.3 Å². The topological polar surface area (TPSA) is 87.2 Å². The molecule has 0 bridgehead atoms. The van der Waals surface area contributed by atoms with E-state index in [0.717, 1.165) is 40.5 Å². The zero-order valence-corrected chi connectivity index (χ0v) is 23.3. The summed E-state index contributed by atoms with van der Waals surface area (Å²) in [6.45, 7) is 7.79. The first-order valence-corrected chi connectivity index (χ1v) is 13.3. The fourth-order valence-corrected chi connectivity index (χ4v) is 5.75. The smallest absolute Gasteiger partial charge is 0.231 e. The Morgan fingerprint density at radius 1 is 1.11 bits per heavy atom. The lowest BCUT2D eigenvalue weighted by Crippen LogP contribution is -2.45. The molecule has 0 radical (unpaired) electrons. The third-order valence-electron chi connectivity index (χ3n) is 6.08. The van der Waals surface area contributed by atoms with E-state index in [2.05, 4.69) is 56.6 Å². The van der Waals surface area contributed by atoms with Crippen LogP contribution in [0.4, 0.5) is 11.5 Å². The number of ether oxygens (including phenoxy) is 5. The summed E-state index contributed by atoms with van der Waals surface area (Å²) in [7, 11) is 1.62. The minimum atomic E-state index is 0.142. The van der Waals surface area contributed by atoms with Crippen LogP contribution in [0.3, 0.4) is 0 Å². The van der Waals surface area contributed by atoms with Crippen molar-refractivity contribution < 1.29 is 23.7 Å². The first-order chi connectivity index (χ1) is 17.4. The predicted molar refractivity (Wildman–Crippen MR) is 146 cm³/mol. The Hall–Kier alpha value is -2.28. The van der Waals surface area contributed by atoms with Crippen LogP contribution in [0, 0.1) is 3.57 Å². The highest BCUT2D eigenvalue weighted by atomic mass is 127. The zero-order chi connectivity index (χ0) is 25.2. The first-order valence-electron chi connectivity index (χ1n) is 11.8. The molecule has 1 fully saturated rings. The van der Waals surface area contributed by atoms with E-state index in [0.29, 0.717) is 46.1 Å². The normalized spacial score (nSPS) is 19.5. The molecular weight excluding hydrogens is 599 g/mol. The quantitative estimate of drug-likeness (QED) is 0.266. The van der Waals surface area contributed by atoms with Crippen molar-refractivity contribution in [2.75, 3.05) is 45.5 Å². The van der Waals surface area contributed by atoms with E-state index < -0.39 is 0 Å². The van der Waals surface area contributed by atoms with E-state index in [1.807, 2.05) is 18.2 Å². The lowest BCUT2D eigenvalue weighted by Gasteiger charge is -2.35. The van der Waals surface area contributed by atoms with Gasteiger partial charge in [-0.25, -0.2) is 9.97 Å². The number of methoxy groups -OCH3 is 1. The van der Waals surface area contributed by atoms with Gasteiger partial charge in [0.2, 0.25) is 6.79 Å². The highest BCUT2D eigenvalue weighted by Crippen LogP contribution is 2.48. The van der Waals surface area contributed by atoms with Crippen molar-refractivity contribution in [3.8, 4) is 23.0 Å². The monoisotopic (exact) mass is 626 g/mol. The fourth-order valence-electron chi connectivity index (χ4n) is 4.61. The molecule has 192 valence electrons. The number of anilines is 2. The van der Waals surface area contributed by atoms with Crippen LogP contribution < -0.4 is 24.3 Å². The standard InChI is InChI=1S/C25H28ClIN4O5/c1-14-10-31(11-15(2)36-14)5-4-6-33-21-9-19-16(7-20(21)32-3)25(29-12-28-19)30-22-17(26)8-18(27)23-24(22)35-13-34-23/h7-9,12,14-15H,4-6,10-11,13H2,1-3H3,(H,28,29,30). The van der Waals surface area contributed by atoms with Gasteiger partial charge in [-0.1, -0.05) is 11.6 Å². The molecule has 1 N–H and O–H groups in total. The van der Waals surface area contributed by atoms with Gasteiger partial charge in [0.05, 0.1) is 40.0 Å². The second-order valence-electron chi connectivity index (χ2n) is 8.87. The van der Waals surface area contributed by atoms with Gasteiger partial charge in [-0.15, -0.1) is 0 Å². The van der Waals surface area contributed by atoms with Gasteiger partial charge in [-0.3, -0.25) is 4.90 Å². The Balaban J connectivity index is 1.33. The lowest BCUT2D eigenvalue weighted by molar-refractivity contribution is -0.0686. The summed E-state index contributed by atoms with van der Waals surface area (Å²) in [6, 6.07) is 5.57. The lowest BCUT2D eigenvalue weighted by atomic mass is 10.2. The molecule has 0 amide bonds. The van der Waals surface area contributed by atoms with Crippen molar-refractivity contribution in [3.05, 3.63) is 33.1 Å². The highest BCUT2D eigenvalue weighted by molar-refractivity contribution is 14.1. The van der Waals surface area contributed by atoms with Gasteiger partial charge in [0, 0.05) is 31.1 Å². The summed E-state index contributed by atoms with van der Waals surface area (Å²) < 4.78 is 29.7. The molecular formula is C25H28ClIN4O5. The van der Waals surface area contributed by atoms with Gasteiger partial charge in [0.15, 0.2) is 23.0 Å². The fraction of sp³-hybridized carbons (Fsp3) is 0.440. The maximum atomic E-state index is 6.54. The summed E-state index contributed by atoms with van der Waals surface area (Å²) in [6.07, 6.45) is 2.91. The summed E-state index contributed by atoms with van der Waals surface area (Å²) in [5.74, 6) is 3.04. The Bertz CT molecular complexity index is 1250. The van der Waals surface area contributed by atoms with Gasteiger partial charge in [0.1, 0.15) is 17.8 Å². The molecule has 2 aliphatic heterocycles. The van der Waals surface area contributed by atoms with E-state index in [1.165, 1.54) is 6.33 Å². The van der Waals surface area contributed by atoms with Crippen LogP contribution >= 0.6 is 34.2 Å². The number of rotatable bonds is 8. The van der Waals surface area contributed by atoms with Crippen LogP contribution in [0.5, 0.6) is 23.0 Å². The summed E-state index contributed by atoms with van der Waals surface area (Å²) >= 11 is 8.71. The number of nitrogens with one attached hydrogen (secondary N) is 1. The van der Waals surface area contributed by atoms with E-state index in [1.54, 1.807) is 7.11 Å². The van der Waals surface area contributed by atoms with Crippen molar-refractivity contribution >= 4 is 56.6 Å². The third-order valence-corrected chi connectivity index (χ3v) is 7.18. The summed E-state index contributed by atoms with van der Waals surface area (Å²) in [4.78, 5) is 11.3. The van der Waals surface area contributed by atoms with Crippen LogP contribution in [-0.4, -0.2) is 67.2 Å². The molecule has 0 spiro atoms. The van der Waals surface area contributed by atoms with Crippen LogP contribution in [0.15, 0.2) is 24.5 Å². The number of nitrogens with zero attached hydrogens (tertiary/aromatic N) is 3. The van der Waals surface area contributed by atoms with E-state index in [-0.39, 0.29) is 19.0 Å². The number of fused-ring (bicyclic) bond motifs is 2. The number of aromatic nitrogens is 2. The molecule has 0 aliphatic carbocycles. The van der Waals surface area contributed by atoms with Gasteiger partial charge < -0.3 is 29.0 Å². The molecule has 2 atom stereocenters. The van der Waals surface area contributed by atoms with Gasteiger partial charge >= 0.3 is 0 Å². The Morgan fingerprint density at radius 3 is 2.67 bits per heavy atom. The van der Waals surface area contributed by atoms with Gasteiger partial charge in [0.25, 0.3) is 0 Å². The van der Waals surface area contributed by atoms with Crippen molar-refractivity contribution in [3.63, 3.8) is 0 Å². The SMILES string of the molecule is COc1cc2c(Nc3c(Cl)cc(I)c4c3OCO4)ncnc2cc1OCCCN1CC(C)OC(C)C1. The molecule has 9 nitrogen and oxygen atoms in total. The van der Waals surface area contributed by atoms with Crippen molar-refractivity contribution in [2.24, 2.45) is 0 Å². The van der Waals surface area contributed by atoms with Gasteiger partial charge in [-0.05, 0) is 55.0 Å². The molecule has 2 aromatic carbocycles. The number of hydrogen-bond acceptors (Lipinski definition) is 9. The van der Waals surface area contributed by atoms with E-state index >= 15 is 0 Å². The molecule has 0 saturated carbocycles. The molecule has 2 unspecified atom stereocenters. The maximum absolute atomic E-state index is 6.54. The van der Waals surface area contributed by atoms with E-state index in [9.17, 15) is 0 Å². The average Bonchev–Trinajstić information content (AvgIpc) is 3.34. The van der Waals surface area contributed by atoms with Gasteiger partial charge in [-0.2, -0.15) is 0 Å². The van der Waals surface area contributed by atoms with Crippen LogP contribution in [0.25, 0.3) is 10.9 Å². The number of morpholine rings is 1. The number of benzene rings is 2. The number of halogens is 2. The summed E-state index contributed by atoms with van der Waals surface area (Å²) in [5.41, 5.74) is 1.31.